The number of H-pyrrole nitrogens is 2. The van der Waals surface area contributed by atoms with Crippen LogP contribution in [0.4, 0.5) is 4.79 Å². The number of phenols is 1. The summed E-state index contributed by atoms with van der Waals surface area (Å²) in [5.41, 5.74) is 0.781. The maximum atomic E-state index is 14.3. The van der Waals surface area contributed by atoms with E-state index in [-0.39, 0.29) is 42.9 Å². The predicted molar refractivity (Wildman–Crippen MR) is 237 cm³/mol. The number of para-hydroxylation sites is 1. The van der Waals surface area contributed by atoms with E-state index in [2.05, 4.69) is 36.6 Å². The first-order chi connectivity index (χ1) is 30.7. The van der Waals surface area contributed by atoms with Crippen LogP contribution in [0.15, 0.2) is 82.5 Å². The van der Waals surface area contributed by atoms with Crippen LogP contribution in [0.1, 0.15) is 56.5 Å². The van der Waals surface area contributed by atoms with Crippen molar-refractivity contribution in [3.8, 4) is 5.75 Å². The van der Waals surface area contributed by atoms with Gasteiger partial charge in [-0.05, 0) is 68.5 Å². The molecule has 10 N–H and O–H groups in total. The second kappa shape index (κ2) is 19.9. The second-order valence-electron chi connectivity index (χ2n) is 16.7. The molecule has 2 aliphatic heterocycles. The van der Waals surface area contributed by atoms with Crippen LogP contribution in [-0.2, 0) is 53.1 Å². The monoisotopic (exact) mass is 919 g/mol. The zero-order chi connectivity index (χ0) is 47.3. The number of aliphatic hydroxyl groups excluding tert-OH is 1. The molecule has 0 aliphatic carbocycles. The van der Waals surface area contributed by atoms with Crippen LogP contribution in [0.25, 0.3) is 10.9 Å². The van der Waals surface area contributed by atoms with E-state index in [9.17, 15) is 53.1 Å². The smallest absolute Gasteiger partial charge is 0.331 e. The summed E-state index contributed by atoms with van der Waals surface area (Å²) in [6.45, 7) is 5.27. The Morgan fingerprint density at radius 2 is 1.75 bits per heavy atom. The molecule has 0 radical (unpaired) electrons. The summed E-state index contributed by atoms with van der Waals surface area (Å²) in [4.78, 5) is 98.9. The van der Waals surface area contributed by atoms with Gasteiger partial charge in [-0.25, -0.2) is 14.4 Å². The van der Waals surface area contributed by atoms with Crippen molar-refractivity contribution in [2.75, 3.05) is 19.1 Å². The zero-order valence-electron chi connectivity index (χ0n) is 36.2. The Morgan fingerprint density at radius 1 is 1.03 bits per heavy atom. The van der Waals surface area contributed by atoms with Crippen LogP contribution in [0.2, 0.25) is 0 Å². The highest BCUT2D eigenvalue weighted by atomic mass is 32.2. The molecule has 1 fully saturated rings. The summed E-state index contributed by atoms with van der Waals surface area (Å²) in [5.74, 6) is -3.65. The molecule has 65 heavy (non-hydrogen) atoms. The Balaban J connectivity index is 1.23. The lowest BCUT2D eigenvalue weighted by molar-refractivity contribution is -0.139. The number of fused-ring (bicyclic) bond motifs is 2. The summed E-state index contributed by atoms with van der Waals surface area (Å²) >= 11 is 0. The van der Waals surface area contributed by atoms with Gasteiger partial charge in [-0.2, -0.15) is 0 Å². The maximum Gasteiger partial charge on any atom is 0.331 e. The molecule has 2 aromatic carbocycles. The normalized spacial score (nSPS) is 20.6. The van der Waals surface area contributed by atoms with Crippen LogP contribution >= 0.6 is 0 Å². The highest BCUT2D eigenvalue weighted by Crippen LogP contribution is 2.33. The third-order valence-corrected chi connectivity index (χ3v) is 12.4. The Bertz CT molecular complexity index is 2640. The number of likely N-dealkylation sites (N-methyl/N-ethyl adjacent to an activating group) is 1. The van der Waals surface area contributed by atoms with Crippen LogP contribution in [-0.4, -0.2) is 124 Å². The first-order valence-corrected chi connectivity index (χ1v) is 22.4. The fourth-order valence-corrected chi connectivity index (χ4v) is 8.61. The average molecular weight is 920 g/mol. The van der Waals surface area contributed by atoms with E-state index in [1.54, 1.807) is 36.5 Å². The molecule has 8 unspecified atom stereocenters. The van der Waals surface area contributed by atoms with Crippen molar-refractivity contribution < 1.29 is 48.2 Å². The highest BCUT2D eigenvalue weighted by Gasteiger charge is 2.41. The first-order valence-electron chi connectivity index (χ1n) is 20.7. The van der Waals surface area contributed by atoms with Gasteiger partial charge in [-0.1, -0.05) is 24.3 Å². The van der Waals surface area contributed by atoms with Gasteiger partial charge in [0.05, 0.1) is 12.1 Å². The number of nitrogens with zero attached hydrogens (tertiary/aromatic N) is 2. The van der Waals surface area contributed by atoms with Crippen molar-refractivity contribution in [3.63, 3.8) is 0 Å². The Hall–Kier alpha value is -6.78. The van der Waals surface area contributed by atoms with Gasteiger partial charge in [0, 0.05) is 83.8 Å². The summed E-state index contributed by atoms with van der Waals surface area (Å²) in [5, 5.41) is 45.1. The number of hydrogen-bond donors (Lipinski definition) is 10. The number of carbonyl (C=O) groups excluding carboxylic acids is 4. The third kappa shape index (κ3) is 11.3. The summed E-state index contributed by atoms with van der Waals surface area (Å²) in [6.07, 6.45) is 2.46. The molecule has 2 aliphatic rings. The largest absolute Gasteiger partial charge is 0.508 e. The third-order valence-electron chi connectivity index (χ3n) is 11.6. The number of rotatable bonds is 16. The number of carboxylic acids is 1. The van der Waals surface area contributed by atoms with E-state index in [1.807, 2.05) is 26.0 Å². The molecule has 348 valence electrons. The molecular weight excluding hydrogens is 867 g/mol. The van der Waals surface area contributed by atoms with Crippen LogP contribution in [0.5, 0.6) is 5.75 Å². The molecule has 2 aromatic heterocycles. The zero-order valence-corrected chi connectivity index (χ0v) is 37.1. The molecular formula is C43H53N9O12S. The average Bonchev–Trinajstić information content (AvgIpc) is 3.83. The lowest BCUT2D eigenvalue weighted by Gasteiger charge is -2.41. The van der Waals surface area contributed by atoms with Gasteiger partial charge >= 0.3 is 17.7 Å². The van der Waals surface area contributed by atoms with Crippen molar-refractivity contribution in [2.24, 2.45) is 0 Å². The van der Waals surface area contributed by atoms with Crippen LogP contribution < -0.4 is 37.8 Å². The number of hydrogen-bond acceptors (Lipinski definition) is 12. The first kappa shape index (κ1) is 47.7. The van der Waals surface area contributed by atoms with Crippen molar-refractivity contribution in [2.45, 2.75) is 94.5 Å². The van der Waals surface area contributed by atoms with Crippen LogP contribution in [0.3, 0.4) is 0 Å². The molecule has 4 aromatic rings. The van der Waals surface area contributed by atoms with Crippen molar-refractivity contribution in [1.82, 2.24) is 46.0 Å². The number of aliphatic carboxylic acids is 1. The van der Waals surface area contributed by atoms with Gasteiger partial charge in [0.1, 0.15) is 35.7 Å². The quantitative estimate of drug-likeness (QED) is 0.0702. The van der Waals surface area contributed by atoms with E-state index in [0.29, 0.717) is 5.56 Å². The van der Waals surface area contributed by atoms with Gasteiger partial charge in [-0.15, -0.1) is 0 Å². The van der Waals surface area contributed by atoms with E-state index in [0.717, 1.165) is 45.1 Å². The van der Waals surface area contributed by atoms with E-state index in [1.165, 1.54) is 25.1 Å². The number of carboxylic acid groups (broad SMARTS) is 1. The minimum Gasteiger partial charge on any atom is -0.508 e. The Morgan fingerprint density at radius 3 is 2.46 bits per heavy atom. The fourth-order valence-electron chi connectivity index (χ4n) is 8.05. The summed E-state index contributed by atoms with van der Waals surface area (Å²) in [7, 11) is -0.0126. The number of aromatic nitrogens is 3. The number of aromatic hydroxyl groups is 1. The molecule has 0 saturated carbocycles. The topological polar surface area (TPSA) is 306 Å². The molecule has 22 heteroatoms. The molecule has 0 spiro atoms. The SMILES string of the molecule is CC(C(NC(=O)C(CCS(C)=O)NC(=O)NC(Cc1c[nH]c2ccccc12)C(=O)O)C(=O)N/C=C1/CC(O)C(n2ccc(=O)[nH]c2=O)O1)N(C)C(=O)C1Cc2cc(O)ccc2C(C)(C)N1. The number of carbonyl (C=O) groups is 5. The molecule has 5 amide bonds. The Kier molecular flexibility index (Phi) is 14.6. The van der Waals surface area contributed by atoms with Crippen molar-refractivity contribution in [3.05, 3.63) is 110 Å². The number of nitrogens with one attached hydrogen (secondary N) is 7. The highest BCUT2D eigenvalue weighted by molar-refractivity contribution is 7.84. The van der Waals surface area contributed by atoms with Gasteiger partial charge < -0.3 is 51.2 Å². The molecule has 0 bridgehead atoms. The minimum absolute atomic E-state index is 0.0222. The number of phenolic OH excluding ortho intramolecular Hbond substituents is 1. The second-order valence-corrected chi connectivity index (χ2v) is 18.2. The van der Waals surface area contributed by atoms with E-state index < -0.39 is 99.9 Å². The number of amides is 5. The predicted octanol–water partition coefficient (Wildman–Crippen LogP) is -0.125. The Labute approximate surface area is 374 Å². The van der Waals surface area contributed by atoms with E-state index >= 15 is 0 Å². The van der Waals surface area contributed by atoms with Crippen molar-refractivity contribution >= 4 is 51.4 Å². The number of aliphatic hydroxyl groups is 1. The van der Waals surface area contributed by atoms with E-state index in [4.69, 9.17) is 4.74 Å². The summed E-state index contributed by atoms with van der Waals surface area (Å²) < 4.78 is 19.0. The molecule has 4 heterocycles. The van der Waals surface area contributed by atoms with Crippen LogP contribution in [0, 0.1) is 0 Å². The van der Waals surface area contributed by atoms with Gasteiger partial charge in [0.15, 0.2) is 0 Å². The maximum absolute atomic E-state index is 14.3. The lowest BCUT2D eigenvalue weighted by atomic mass is 9.82. The number of benzene rings is 2. The molecule has 6 rings (SSSR count). The van der Waals surface area contributed by atoms with Crippen molar-refractivity contribution in [1.29, 1.82) is 0 Å². The number of urea groups is 1. The molecule has 21 nitrogen and oxygen atoms in total. The molecule has 8 atom stereocenters. The summed E-state index contributed by atoms with van der Waals surface area (Å²) in [6, 6.07) is 5.77. The standard InChI is InChI=1S/C43H53N9O12S/c1-22(51(4)38(58)31-17-23-16-25(53)10-11-28(23)43(2,3)50-31)35(37(57)45-21-26-19-33(54)39(64-26)52-14-12-34(55)48-42(52)62)49-36(56)30(13-15-65(5)63)46-41(61)47-32(40(59)60)18-24-20-44-29-9-7-6-8-27(24)29/h6-12,14,16,20-22,30-33,35,39,44,50,53-54H,13,15,17-19H2,1-5H3,(H,45,57)(H,49,56)(H,59,60)(H2,46,47,61)(H,48,55,62)/b26-21-. The lowest BCUT2D eigenvalue weighted by Crippen LogP contribution is -2.63. The minimum atomic E-state index is -1.56. The fraction of sp³-hybridized carbons (Fsp3) is 0.419. The number of ether oxygens (including phenoxy) is 1. The molecule has 1 saturated heterocycles. The van der Waals surface area contributed by atoms with Gasteiger partial charge in [0.2, 0.25) is 23.9 Å². The number of aromatic amines is 2. The van der Waals surface area contributed by atoms with Gasteiger partial charge in [0.25, 0.3) is 5.56 Å². The van der Waals surface area contributed by atoms with Gasteiger partial charge in [-0.3, -0.25) is 38.3 Å².